The van der Waals surface area contributed by atoms with E-state index in [0.29, 0.717) is 66.9 Å². The van der Waals surface area contributed by atoms with Gasteiger partial charge in [0, 0.05) is 30.9 Å². The van der Waals surface area contributed by atoms with Crippen molar-refractivity contribution < 1.29 is 33.6 Å². The van der Waals surface area contributed by atoms with E-state index >= 15 is 0 Å². The molecule has 11 heteroatoms. The van der Waals surface area contributed by atoms with Crippen molar-refractivity contribution in [2.24, 2.45) is 0 Å². The Labute approximate surface area is 240 Å². The fourth-order valence-corrected chi connectivity index (χ4v) is 5.86. The number of fused-ring (bicyclic) bond motifs is 4. The first-order valence-corrected chi connectivity index (χ1v) is 14.5. The van der Waals surface area contributed by atoms with Crippen LogP contribution in [-0.4, -0.2) is 76.7 Å². The third kappa shape index (κ3) is 6.89. The Morgan fingerprint density at radius 1 is 1.24 bits per heavy atom. The van der Waals surface area contributed by atoms with Crippen LogP contribution in [0.5, 0.6) is 5.88 Å². The third-order valence-corrected chi connectivity index (χ3v) is 8.15. The van der Waals surface area contributed by atoms with Gasteiger partial charge >= 0.3 is 6.09 Å². The van der Waals surface area contributed by atoms with Crippen molar-refractivity contribution in [3.63, 3.8) is 0 Å². The SMILES string of the molecule is CC(C)(C)OC(=O)NC12CCC(C(O)Cc3c(C#N)cnc4ccc(OCCOC5CCCCO5)nc34)(CC1)OC2. The molecule has 1 aliphatic carbocycles. The van der Waals surface area contributed by atoms with E-state index in [1.807, 2.05) is 20.8 Å². The van der Waals surface area contributed by atoms with Crippen LogP contribution in [0.15, 0.2) is 18.3 Å². The minimum absolute atomic E-state index is 0.174. The monoisotopic (exact) mass is 568 g/mol. The first-order valence-electron chi connectivity index (χ1n) is 14.5. The summed E-state index contributed by atoms with van der Waals surface area (Å²) in [6, 6.07) is 5.73. The molecule has 11 nitrogen and oxygen atoms in total. The number of aliphatic hydroxyl groups excluding tert-OH is 1. The van der Waals surface area contributed by atoms with Crippen molar-refractivity contribution in [1.82, 2.24) is 15.3 Å². The zero-order valence-corrected chi connectivity index (χ0v) is 24.1. The zero-order chi connectivity index (χ0) is 29.1. The lowest BCUT2D eigenvalue weighted by molar-refractivity contribution is -0.206. The molecule has 2 aromatic heterocycles. The molecule has 2 bridgehead atoms. The standard InChI is InChI=1S/C30H40N4O7/c1-28(2,3)41-27(36)34-29-9-11-30(12-10-29,40-19-29)23(35)16-21-20(17-31)18-32-22-7-8-24(33-26(21)22)37-14-15-39-25-6-4-5-13-38-25/h7-8,18,23,25,35H,4-6,9-16,19H2,1-3H3,(H,34,36). The average molecular weight is 569 g/mol. The highest BCUT2D eigenvalue weighted by Crippen LogP contribution is 2.46. The van der Waals surface area contributed by atoms with E-state index < -0.39 is 28.9 Å². The largest absolute Gasteiger partial charge is 0.475 e. The summed E-state index contributed by atoms with van der Waals surface area (Å²) in [6.45, 7) is 7.16. The average Bonchev–Trinajstić information content (AvgIpc) is 2.95. The van der Waals surface area contributed by atoms with Crippen LogP contribution in [-0.2, 0) is 25.4 Å². The molecule has 2 atom stereocenters. The lowest BCUT2D eigenvalue weighted by atomic mass is 9.68. The molecule has 1 saturated carbocycles. The quantitative estimate of drug-likeness (QED) is 0.427. The van der Waals surface area contributed by atoms with Gasteiger partial charge in [-0.25, -0.2) is 9.78 Å². The van der Waals surface area contributed by atoms with E-state index in [-0.39, 0.29) is 19.3 Å². The van der Waals surface area contributed by atoms with E-state index in [4.69, 9.17) is 23.7 Å². The summed E-state index contributed by atoms with van der Waals surface area (Å²) in [6.07, 6.45) is 5.66. The lowest BCUT2D eigenvalue weighted by Crippen LogP contribution is -2.66. The fraction of sp³-hybridized carbons (Fsp3) is 0.667. The Balaban J connectivity index is 1.25. The Morgan fingerprint density at radius 3 is 2.71 bits per heavy atom. The van der Waals surface area contributed by atoms with E-state index in [9.17, 15) is 15.2 Å². The van der Waals surface area contributed by atoms with Crippen molar-refractivity contribution >= 4 is 17.1 Å². The Kier molecular flexibility index (Phi) is 8.66. The van der Waals surface area contributed by atoms with E-state index in [1.54, 1.807) is 12.1 Å². The summed E-state index contributed by atoms with van der Waals surface area (Å²) in [5, 5.41) is 24.4. The Hall–Kier alpha value is -3.04. The van der Waals surface area contributed by atoms with Gasteiger partial charge in [-0.15, -0.1) is 0 Å². The number of aliphatic hydroxyl groups is 1. The van der Waals surface area contributed by atoms with Crippen LogP contribution >= 0.6 is 0 Å². The molecule has 4 aliphatic rings. The zero-order valence-electron chi connectivity index (χ0n) is 24.1. The van der Waals surface area contributed by atoms with Gasteiger partial charge in [-0.2, -0.15) is 5.26 Å². The van der Waals surface area contributed by atoms with Crippen LogP contribution in [0.3, 0.4) is 0 Å². The number of carbonyl (C=O) groups excluding carboxylic acids is 1. The number of ether oxygens (including phenoxy) is 5. The summed E-state index contributed by atoms with van der Waals surface area (Å²) in [7, 11) is 0. The molecule has 4 fully saturated rings. The molecule has 2 aromatic rings. The molecule has 41 heavy (non-hydrogen) atoms. The van der Waals surface area contributed by atoms with Gasteiger partial charge < -0.3 is 34.1 Å². The number of carbonyl (C=O) groups is 1. The smallest absolute Gasteiger partial charge is 0.408 e. The number of nitrogens with zero attached hydrogens (tertiary/aromatic N) is 3. The lowest BCUT2D eigenvalue weighted by Gasteiger charge is -2.54. The molecule has 222 valence electrons. The molecular formula is C30H40N4O7. The maximum atomic E-state index is 12.4. The van der Waals surface area contributed by atoms with Gasteiger partial charge in [0.25, 0.3) is 0 Å². The van der Waals surface area contributed by atoms with Crippen LogP contribution in [0, 0.1) is 11.3 Å². The molecule has 0 spiro atoms. The molecular weight excluding hydrogens is 528 g/mol. The Bertz CT molecular complexity index is 1260. The number of amides is 1. The number of nitrogens with one attached hydrogen (secondary N) is 1. The van der Waals surface area contributed by atoms with E-state index in [2.05, 4.69) is 21.4 Å². The van der Waals surface area contributed by atoms with Crippen LogP contribution in [0.25, 0.3) is 11.0 Å². The summed E-state index contributed by atoms with van der Waals surface area (Å²) >= 11 is 0. The highest BCUT2D eigenvalue weighted by molar-refractivity contribution is 5.80. The van der Waals surface area contributed by atoms with Gasteiger partial charge in [0.1, 0.15) is 18.3 Å². The van der Waals surface area contributed by atoms with Crippen molar-refractivity contribution in [3.8, 4) is 11.9 Å². The number of hydrogen-bond acceptors (Lipinski definition) is 10. The molecule has 6 rings (SSSR count). The predicted octanol–water partition coefficient (Wildman–Crippen LogP) is 3.93. The molecule has 1 amide bonds. The molecule has 2 unspecified atom stereocenters. The maximum absolute atomic E-state index is 12.4. The first kappa shape index (κ1) is 29.5. The maximum Gasteiger partial charge on any atom is 0.408 e. The van der Waals surface area contributed by atoms with Gasteiger partial charge in [0.05, 0.1) is 47.1 Å². The first-order chi connectivity index (χ1) is 19.6. The van der Waals surface area contributed by atoms with Crippen molar-refractivity contribution in [2.75, 3.05) is 26.4 Å². The minimum atomic E-state index is -0.879. The van der Waals surface area contributed by atoms with Gasteiger partial charge in [-0.05, 0) is 71.8 Å². The predicted molar refractivity (Wildman–Crippen MR) is 148 cm³/mol. The number of alkyl carbamates (subject to hydrolysis) is 1. The molecule has 2 N–H and O–H groups in total. The van der Waals surface area contributed by atoms with E-state index in [0.717, 1.165) is 25.9 Å². The molecule has 3 saturated heterocycles. The molecule has 5 heterocycles. The topological polar surface area (TPSA) is 145 Å². The number of nitriles is 1. The molecule has 0 aromatic carbocycles. The van der Waals surface area contributed by atoms with Crippen LogP contribution in [0.2, 0.25) is 0 Å². The normalized spacial score (nSPS) is 26.8. The number of hydrogen-bond donors (Lipinski definition) is 2. The van der Waals surface area contributed by atoms with Crippen LogP contribution in [0.4, 0.5) is 4.79 Å². The van der Waals surface area contributed by atoms with Gasteiger partial charge in [-0.1, -0.05) is 0 Å². The van der Waals surface area contributed by atoms with Gasteiger partial charge in [0.2, 0.25) is 5.88 Å². The highest BCUT2D eigenvalue weighted by Gasteiger charge is 2.54. The second-order valence-electron chi connectivity index (χ2n) is 12.3. The number of rotatable bonds is 9. The summed E-state index contributed by atoms with van der Waals surface area (Å²) in [5.41, 5.74) is 0.209. The van der Waals surface area contributed by atoms with Crippen molar-refractivity contribution in [2.45, 2.75) is 101 Å². The minimum Gasteiger partial charge on any atom is -0.475 e. The van der Waals surface area contributed by atoms with Crippen molar-refractivity contribution in [3.05, 3.63) is 29.5 Å². The van der Waals surface area contributed by atoms with Crippen molar-refractivity contribution in [1.29, 1.82) is 5.26 Å². The number of aromatic nitrogens is 2. The highest BCUT2D eigenvalue weighted by atomic mass is 16.7. The van der Waals surface area contributed by atoms with E-state index in [1.165, 1.54) is 6.20 Å². The third-order valence-electron chi connectivity index (χ3n) is 8.15. The second-order valence-corrected chi connectivity index (χ2v) is 12.3. The Morgan fingerprint density at radius 2 is 2.05 bits per heavy atom. The molecule has 3 aliphatic heterocycles. The fourth-order valence-electron chi connectivity index (χ4n) is 5.86. The number of pyridine rings is 2. The molecule has 0 radical (unpaired) electrons. The summed E-state index contributed by atoms with van der Waals surface area (Å²) in [5.74, 6) is 0.390. The van der Waals surface area contributed by atoms with Crippen LogP contribution < -0.4 is 10.1 Å². The van der Waals surface area contributed by atoms with Gasteiger partial charge in [0.15, 0.2) is 6.29 Å². The second kappa shape index (κ2) is 12.1. The van der Waals surface area contributed by atoms with Gasteiger partial charge in [-0.3, -0.25) is 4.98 Å². The van der Waals surface area contributed by atoms with Crippen LogP contribution in [0.1, 0.15) is 76.8 Å². The summed E-state index contributed by atoms with van der Waals surface area (Å²) < 4.78 is 28.9. The summed E-state index contributed by atoms with van der Waals surface area (Å²) in [4.78, 5) is 21.5.